The molecule has 0 aliphatic carbocycles. The van der Waals surface area contributed by atoms with Gasteiger partial charge in [0, 0.05) is 6.20 Å². The molecule has 0 amide bonds. The third kappa shape index (κ3) is 8.40. The minimum Gasteiger partial charge on any atom is -0.462 e. The Morgan fingerprint density at radius 3 is 2.05 bits per heavy atom. The number of aromatic nitrogens is 2. The minimum atomic E-state index is -4.72. The number of carbonyl (C=O) groups is 2. The molecule has 1 aliphatic heterocycles. The van der Waals surface area contributed by atoms with Gasteiger partial charge in [-0.3, -0.25) is 28.5 Å². The van der Waals surface area contributed by atoms with E-state index in [-0.39, 0.29) is 0 Å². The lowest BCUT2D eigenvalue weighted by Crippen LogP contribution is -2.52. The number of nitrogens with zero attached hydrogens (tertiary/aromatic N) is 1. The first kappa shape index (κ1) is 34.9. The number of rotatable bonds is 13. The van der Waals surface area contributed by atoms with Crippen molar-refractivity contribution in [1.29, 1.82) is 0 Å². The number of aromatic amines is 1. The molecule has 1 aliphatic rings. The van der Waals surface area contributed by atoms with Gasteiger partial charge in [0.25, 0.3) is 12.0 Å². The first-order valence-electron chi connectivity index (χ1n) is 12.3. The largest absolute Gasteiger partial charge is 0.462 e. The quantitative estimate of drug-likeness (QED) is 0.180. The maximum Gasteiger partial charge on any atom is 0.342 e. The fraction of sp³-hybridized carbons (Fsp3) is 0.727. The summed E-state index contributed by atoms with van der Waals surface area (Å²) in [6, 6.07) is -2.78. The molecular weight excluding hydrogens is 604 g/mol. The number of H-pyrrole nitrogens is 1. The van der Waals surface area contributed by atoms with Crippen molar-refractivity contribution < 1.29 is 51.2 Å². The second kappa shape index (κ2) is 13.8. The highest BCUT2D eigenvalue weighted by Crippen LogP contribution is 2.47. The van der Waals surface area contributed by atoms with Gasteiger partial charge in [-0.2, -0.15) is 0 Å². The Kier molecular flexibility index (Phi) is 11.8. The number of alkyl halides is 3. The summed E-state index contributed by atoms with van der Waals surface area (Å²) in [5.41, 5.74) is -5.62. The summed E-state index contributed by atoms with van der Waals surface area (Å²) in [7, 11) is -4.72. The minimum absolute atomic E-state index is 0.398. The number of ether oxygens (including phenoxy) is 3. The topological polar surface area (TPSA) is 187 Å². The van der Waals surface area contributed by atoms with Crippen LogP contribution in [0, 0.1) is 0 Å². The molecule has 1 saturated heterocycles. The van der Waals surface area contributed by atoms with E-state index in [9.17, 15) is 37.6 Å². The van der Waals surface area contributed by atoms with Crippen molar-refractivity contribution in [1.82, 2.24) is 19.7 Å². The molecule has 1 fully saturated rings. The van der Waals surface area contributed by atoms with Crippen LogP contribution in [0.15, 0.2) is 15.8 Å². The van der Waals surface area contributed by atoms with Gasteiger partial charge >= 0.3 is 25.3 Å². The van der Waals surface area contributed by atoms with E-state index in [1.807, 2.05) is 0 Å². The normalized spacial score (nSPS) is 24.6. The van der Waals surface area contributed by atoms with Crippen molar-refractivity contribution in [2.24, 2.45) is 0 Å². The number of hydrogen-bond donors (Lipinski definition) is 4. The molecule has 6 atom stereocenters. The number of nitrogens with one attached hydrogen (secondary N) is 3. The van der Waals surface area contributed by atoms with Crippen LogP contribution < -0.4 is 21.4 Å². The molecule has 1 aromatic heterocycles. The Bertz CT molecular complexity index is 1230. The predicted molar refractivity (Wildman–Crippen MR) is 137 cm³/mol. The van der Waals surface area contributed by atoms with Gasteiger partial charge in [-0.25, -0.2) is 28.1 Å². The maximum atomic E-state index is 15.3. The standard InChI is InChI=1S/C22H33ClF3N4O10P/c1-9(2)38-18(33)11(5)28-41(36,29-12(6)19(34)39-10(3)4)37-8-22(20(25)26)15(24)14(31)17(40-22)30-7-13(23)16(32)27-21(30)35/h7,9-12,14-15,17,20,31H,8H2,1-6H3,(H,27,32,35)(H2,28,29,36)/t11-,12-,14+,15+,17+,22+/m0/s1. The predicted octanol–water partition coefficient (Wildman–Crippen LogP) is 1.41. The van der Waals surface area contributed by atoms with Crippen molar-refractivity contribution in [3.63, 3.8) is 0 Å². The van der Waals surface area contributed by atoms with Crippen molar-refractivity contribution in [2.75, 3.05) is 6.61 Å². The van der Waals surface area contributed by atoms with Crippen LogP contribution in [0.25, 0.3) is 0 Å². The molecule has 2 heterocycles. The average molecular weight is 637 g/mol. The molecule has 1 aromatic rings. The molecule has 0 bridgehead atoms. The number of hydrogen-bond acceptors (Lipinski definition) is 10. The molecule has 0 saturated carbocycles. The van der Waals surface area contributed by atoms with E-state index in [0.717, 1.165) is 0 Å². The Labute approximate surface area is 237 Å². The number of aliphatic hydroxyl groups excluding tert-OH is 1. The lowest BCUT2D eigenvalue weighted by atomic mass is 9.98. The van der Waals surface area contributed by atoms with Crippen LogP contribution in [-0.4, -0.2) is 81.8 Å². The van der Waals surface area contributed by atoms with Gasteiger partial charge < -0.3 is 23.8 Å². The summed E-state index contributed by atoms with van der Waals surface area (Å²) in [6.45, 7) is 7.04. The molecule has 2 rings (SSSR count). The smallest absolute Gasteiger partial charge is 0.342 e. The Balaban J connectivity index is 2.42. The SMILES string of the molecule is CC(C)OC(=O)[C@H](C)NP(=O)(N[C@@H](C)C(=O)OC(C)C)OC[C@@]1(C(F)F)O[C@@H](n2cc(Cl)c(=O)[nH]c2=O)[C@H](O)[C@H]1F. The lowest BCUT2D eigenvalue weighted by Gasteiger charge is -2.33. The van der Waals surface area contributed by atoms with Gasteiger partial charge in [0.05, 0.1) is 18.8 Å². The Hall–Kier alpha value is -2.27. The van der Waals surface area contributed by atoms with Crippen LogP contribution in [0.2, 0.25) is 5.02 Å². The molecule has 0 unspecified atom stereocenters. The molecular formula is C22H33ClF3N4O10P. The first-order chi connectivity index (χ1) is 18.8. The fourth-order valence-electron chi connectivity index (χ4n) is 3.60. The van der Waals surface area contributed by atoms with E-state index >= 15 is 4.39 Å². The summed E-state index contributed by atoms with van der Waals surface area (Å²) in [4.78, 5) is 50.2. The summed E-state index contributed by atoms with van der Waals surface area (Å²) in [5, 5.41) is 14.3. The van der Waals surface area contributed by atoms with E-state index in [2.05, 4.69) is 10.2 Å². The third-order valence-corrected chi connectivity index (χ3v) is 7.79. The fourth-order valence-corrected chi connectivity index (χ4v) is 5.59. The zero-order valence-corrected chi connectivity index (χ0v) is 24.6. The number of carbonyl (C=O) groups excluding carboxylic acids is 2. The van der Waals surface area contributed by atoms with Gasteiger partial charge in [0.1, 0.15) is 23.2 Å². The maximum absolute atomic E-state index is 15.3. The highest BCUT2D eigenvalue weighted by atomic mass is 35.5. The molecule has 0 spiro atoms. The summed E-state index contributed by atoms with van der Waals surface area (Å²) < 4.78 is 78.6. The van der Waals surface area contributed by atoms with Crippen LogP contribution in [-0.2, 0) is 32.9 Å². The van der Waals surface area contributed by atoms with Crippen LogP contribution >= 0.6 is 19.3 Å². The number of esters is 2. The summed E-state index contributed by atoms with van der Waals surface area (Å²) in [5.74, 6) is -1.84. The van der Waals surface area contributed by atoms with Crippen molar-refractivity contribution in [3.05, 3.63) is 32.1 Å². The lowest BCUT2D eigenvalue weighted by molar-refractivity contribution is -0.183. The van der Waals surface area contributed by atoms with Gasteiger partial charge in [-0.15, -0.1) is 0 Å². The van der Waals surface area contributed by atoms with Gasteiger partial charge in [0.15, 0.2) is 18.0 Å². The molecule has 41 heavy (non-hydrogen) atoms. The zero-order chi connectivity index (χ0) is 31.4. The first-order valence-corrected chi connectivity index (χ1v) is 14.3. The average Bonchev–Trinajstić information content (AvgIpc) is 3.10. The third-order valence-electron chi connectivity index (χ3n) is 5.58. The van der Waals surface area contributed by atoms with Crippen LogP contribution in [0.1, 0.15) is 47.8 Å². The zero-order valence-electron chi connectivity index (χ0n) is 22.9. The Morgan fingerprint density at radius 2 is 1.61 bits per heavy atom. The molecule has 4 N–H and O–H groups in total. The molecule has 0 radical (unpaired) electrons. The van der Waals surface area contributed by atoms with Gasteiger partial charge in [0.2, 0.25) is 0 Å². The van der Waals surface area contributed by atoms with Crippen LogP contribution in [0.5, 0.6) is 0 Å². The van der Waals surface area contributed by atoms with Crippen LogP contribution in [0.3, 0.4) is 0 Å². The summed E-state index contributed by atoms with van der Waals surface area (Å²) >= 11 is 5.68. The van der Waals surface area contributed by atoms with E-state index in [0.29, 0.717) is 10.8 Å². The van der Waals surface area contributed by atoms with E-state index < -0.39 is 97.3 Å². The molecule has 19 heteroatoms. The number of halogens is 4. The van der Waals surface area contributed by atoms with Crippen molar-refractivity contribution in [2.45, 2.75) is 96.4 Å². The summed E-state index contributed by atoms with van der Waals surface area (Å²) in [6.07, 6.45) is -11.7. The van der Waals surface area contributed by atoms with E-state index in [1.165, 1.54) is 41.5 Å². The second-order valence-electron chi connectivity index (χ2n) is 9.80. The van der Waals surface area contributed by atoms with E-state index in [4.69, 9.17) is 30.3 Å². The van der Waals surface area contributed by atoms with Crippen molar-refractivity contribution >= 4 is 31.2 Å². The van der Waals surface area contributed by atoms with Crippen molar-refractivity contribution in [3.8, 4) is 0 Å². The van der Waals surface area contributed by atoms with Gasteiger partial charge in [-0.05, 0) is 41.5 Å². The van der Waals surface area contributed by atoms with E-state index in [1.54, 1.807) is 4.98 Å². The highest BCUT2D eigenvalue weighted by molar-refractivity contribution is 7.54. The van der Waals surface area contributed by atoms with Crippen LogP contribution in [0.4, 0.5) is 13.2 Å². The number of aliphatic hydroxyl groups is 1. The highest BCUT2D eigenvalue weighted by Gasteiger charge is 2.63. The Morgan fingerprint density at radius 1 is 1.12 bits per heavy atom. The van der Waals surface area contributed by atoms with Gasteiger partial charge in [-0.1, -0.05) is 11.6 Å². The molecule has 14 nitrogen and oxygen atoms in total. The monoisotopic (exact) mass is 636 g/mol. The molecule has 0 aromatic carbocycles. The molecule has 234 valence electrons. The second-order valence-corrected chi connectivity index (χ2v) is 12.1.